The maximum Gasteiger partial charge on any atom is 0.257 e. The number of hydrazine groups is 1. The predicted octanol–water partition coefficient (Wildman–Crippen LogP) is 4.03. The molecule has 1 N–H and O–H groups in total. The molecule has 0 unspecified atom stereocenters. The highest BCUT2D eigenvalue weighted by Gasteiger charge is 2.36. The lowest BCUT2D eigenvalue weighted by atomic mass is 9.85. The van der Waals surface area contributed by atoms with Crippen LogP contribution in [0.25, 0.3) is 0 Å². The molecule has 35 heavy (non-hydrogen) atoms. The van der Waals surface area contributed by atoms with Gasteiger partial charge in [0, 0.05) is 12.5 Å². The zero-order chi connectivity index (χ0) is 25.0. The van der Waals surface area contributed by atoms with Gasteiger partial charge in [0.15, 0.2) is 11.5 Å². The lowest BCUT2D eigenvalue weighted by Crippen LogP contribution is -2.55. The highest BCUT2D eigenvalue weighted by Crippen LogP contribution is 2.37. The molecule has 0 bridgehead atoms. The third-order valence-electron chi connectivity index (χ3n) is 6.32. The van der Waals surface area contributed by atoms with E-state index in [9.17, 15) is 12.8 Å². The molecule has 186 valence electrons. The molecule has 1 heterocycles. The van der Waals surface area contributed by atoms with Crippen molar-refractivity contribution in [3.05, 3.63) is 84.2 Å². The average molecular weight is 500 g/mol. The minimum atomic E-state index is -3.97. The summed E-state index contributed by atoms with van der Waals surface area (Å²) in [4.78, 5) is 5.02. The molecule has 0 aliphatic carbocycles. The van der Waals surface area contributed by atoms with Crippen LogP contribution in [0, 0.1) is 5.82 Å². The van der Waals surface area contributed by atoms with Gasteiger partial charge in [-0.25, -0.2) is 12.8 Å². The molecule has 1 fully saturated rings. The number of hydrogen-bond acceptors (Lipinski definition) is 6. The predicted molar refractivity (Wildman–Crippen MR) is 134 cm³/mol. The van der Waals surface area contributed by atoms with Crippen LogP contribution in [0.1, 0.15) is 17.9 Å². The molecule has 0 saturated carbocycles. The highest BCUT2D eigenvalue weighted by atomic mass is 32.2. The fraction of sp³-hybridized carbons (Fsp3) is 0.308. The first-order chi connectivity index (χ1) is 16.8. The van der Waals surface area contributed by atoms with Crippen molar-refractivity contribution in [3.8, 4) is 11.5 Å². The van der Waals surface area contributed by atoms with Crippen LogP contribution < -0.4 is 19.3 Å². The third kappa shape index (κ3) is 5.58. The van der Waals surface area contributed by atoms with E-state index in [2.05, 4.69) is 16.8 Å². The summed E-state index contributed by atoms with van der Waals surface area (Å²) < 4.78 is 51.0. The number of rotatable bonds is 8. The topological polar surface area (TPSA) is 71.1 Å². The van der Waals surface area contributed by atoms with Crippen molar-refractivity contribution in [3.63, 3.8) is 0 Å². The first-order valence-electron chi connectivity index (χ1n) is 11.3. The molecule has 2 atom stereocenters. The molecule has 1 saturated heterocycles. The molecular formula is C26H30FN3O4S. The van der Waals surface area contributed by atoms with E-state index in [4.69, 9.17) is 9.47 Å². The van der Waals surface area contributed by atoms with Gasteiger partial charge in [0.1, 0.15) is 5.82 Å². The van der Waals surface area contributed by atoms with Crippen LogP contribution in [-0.4, -0.2) is 53.7 Å². The fourth-order valence-corrected chi connectivity index (χ4v) is 5.62. The number of anilines is 1. The molecule has 0 radical (unpaired) electrons. The van der Waals surface area contributed by atoms with E-state index in [1.807, 2.05) is 48.5 Å². The Morgan fingerprint density at radius 3 is 2.31 bits per heavy atom. The van der Waals surface area contributed by atoms with Crippen LogP contribution in [0.2, 0.25) is 0 Å². The maximum atomic E-state index is 13.4. The molecule has 3 aromatic rings. The van der Waals surface area contributed by atoms with Crippen LogP contribution in [0.3, 0.4) is 0 Å². The van der Waals surface area contributed by atoms with Gasteiger partial charge in [0.25, 0.3) is 10.0 Å². The Bertz CT molecular complexity index is 1240. The van der Waals surface area contributed by atoms with Gasteiger partial charge in [-0.1, -0.05) is 24.3 Å². The molecular weight excluding hydrogens is 469 g/mol. The monoisotopic (exact) mass is 499 g/mol. The second-order valence-electron chi connectivity index (χ2n) is 8.59. The minimum absolute atomic E-state index is 0.00424. The zero-order valence-electron chi connectivity index (χ0n) is 20.0. The van der Waals surface area contributed by atoms with Crippen LogP contribution in [-0.2, 0) is 10.0 Å². The van der Waals surface area contributed by atoms with Gasteiger partial charge in [-0.3, -0.25) is 5.01 Å². The Morgan fingerprint density at radius 2 is 1.66 bits per heavy atom. The van der Waals surface area contributed by atoms with Gasteiger partial charge >= 0.3 is 0 Å². The van der Waals surface area contributed by atoms with E-state index in [-0.39, 0.29) is 16.9 Å². The smallest absolute Gasteiger partial charge is 0.257 e. The van der Waals surface area contributed by atoms with Gasteiger partial charge in [-0.15, -0.1) is 4.83 Å². The molecule has 7 nitrogen and oxygen atoms in total. The second kappa shape index (κ2) is 10.6. The van der Waals surface area contributed by atoms with Crippen molar-refractivity contribution >= 4 is 15.7 Å². The van der Waals surface area contributed by atoms with E-state index in [0.717, 1.165) is 42.9 Å². The van der Waals surface area contributed by atoms with E-state index in [1.54, 1.807) is 19.2 Å². The normalized spacial score (nSPS) is 18.7. The summed E-state index contributed by atoms with van der Waals surface area (Å²) in [5, 5.41) is 1.73. The first-order valence-corrected chi connectivity index (χ1v) is 12.8. The van der Waals surface area contributed by atoms with Gasteiger partial charge in [-0.2, -0.15) is 0 Å². The number of ether oxygens (including phenoxy) is 2. The van der Waals surface area contributed by atoms with E-state index in [0.29, 0.717) is 11.5 Å². The standard InChI is InChI=1S/C26H30FN3O4S/c1-29-16-15-24(23(18-29)19-9-14-25(33-2)26(17-19)34-3)30(21-7-5-4-6-8-21)28-35(31,32)22-12-10-20(27)11-13-22/h4-14,17,23-24,28H,15-16,18H2,1-3H3/t23-,24-/m1/s1. The summed E-state index contributed by atoms with van der Waals surface area (Å²) in [6.45, 7) is 1.53. The van der Waals surface area contributed by atoms with E-state index in [1.165, 1.54) is 12.1 Å². The zero-order valence-corrected chi connectivity index (χ0v) is 20.8. The van der Waals surface area contributed by atoms with Crippen molar-refractivity contribution < 1.29 is 22.3 Å². The second-order valence-corrected chi connectivity index (χ2v) is 10.3. The summed E-state index contributed by atoms with van der Waals surface area (Å²) in [6.07, 6.45) is 0.719. The Hall–Kier alpha value is -3.14. The van der Waals surface area contributed by atoms with Crippen molar-refractivity contribution in [1.82, 2.24) is 9.73 Å². The quantitative estimate of drug-likeness (QED) is 0.472. The Morgan fingerprint density at radius 1 is 0.971 bits per heavy atom. The highest BCUT2D eigenvalue weighted by molar-refractivity contribution is 7.89. The van der Waals surface area contributed by atoms with Gasteiger partial charge < -0.3 is 14.4 Å². The van der Waals surface area contributed by atoms with Crippen molar-refractivity contribution in [1.29, 1.82) is 0 Å². The molecule has 3 aromatic carbocycles. The number of piperidine rings is 1. The van der Waals surface area contributed by atoms with Gasteiger partial charge in [-0.05, 0) is 74.1 Å². The summed E-state index contributed by atoms with van der Waals surface area (Å²) >= 11 is 0. The Kier molecular flexibility index (Phi) is 7.59. The molecule has 1 aliphatic heterocycles. The van der Waals surface area contributed by atoms with Crippen molar-refractivity contribution in [2.75, 3.05) is 39.4 Å². The van der Waals surface area contributed by atoms with E-state index >= 15 is 0 Å². The first kappa shape index (κ1) is 25.0. The maximum absolute atomic E-state index is 13.4. The summed E-state index contributed by atoms with van der Waals surface area (Å²) in [5.74, 6) is 0.724. The number of methoxy groups -OCH3 is 2. The Balaban J connectivity index is 1.75. The number of nitrogens with zero attached hydrogens (tertiary/aromatic N) is 2. The Labute approximate surface area is 206 Å². The molecule has 4 rings (SSSR count). The van der Waals surface area contributed by atoms with Crippen LogP contribution in [0.15, 0.2) is 77.7 Å². The van der Waals surface area contributed by atoms with E-state index < -0.39 is 15.8 Å². The fourth-order valence-electron chi connectivity index (χ4n) is 4.52. The number of likely N-dealkylation sites (tertiary alicyclic amines) is 1. The van der Waals surface area contributed by atoms with Gasteiger partial charge in [0.2, 0.25) is 0 Å². The third-order valence-corrected chi connectivity index (χ3v) is 7.65. The van der Waals surface area contributed by atoms with Crippen LogP contribution in [0.5, 0.6) is 11.5 Å². The number of nitrogens with one attached hydrogen (secondary N) is 1. The molecule has 0 aromatic heterocycles. The lowest BCUT2D eigenvalue weighted by Gasteiger charge is -2.44. The van der Waals surface area contributed by atoms with Crippen molar-refractivity contribution in [2.45, 2.75) is 23.3 Å². The van der Waals surface area contributed by atoms with Crippen LogP contribution >= 0.6 is 0 Å². The lowest BCUT2D eigenvalue weighted by molar-refractivity contribution is 0.218. The minimum Gasteiger partial charge on any atom is -0.493 e. The summed E-state index contributed by atoms with van der Waals surface area (Å²) in [7, 11) is 1.28. The number of halogens is 1. The summed E-state index contributed by atoms with van der Waals surface area (Å²) in [5.41, 5.74) is 1.74. The molecule has 1 aliphatic rings. The number of sulfonamides is 1. The van der Waals surface area contributed by atoms with Crippen molar-refractivity contribution in [2.24, 2.45) is 0 Å². The molecule has 9 heteroatoms. The number of hydrogen-bond donors (Lipinski definition) is 1. The molecule has 0 spiro atoms. The summed E-state index contributed by atoms with van der Waals surface area (Å²) in [6, 6.07) is 19.8. The number of para-hydroxylation sites is 1. The largest absolute Gasteiger partial charge is 0.493 e. The van der Waals surface area contributed by atoms with Crippen LogP contribution in [0.4, 0.5) is 10.1 Å². The number of likely N-dealkylation sites (N-methyl/N-ethyl adjacent to an activating group) is 1. The molecule has 0 amide bonds. The average Bonchev–Trinajstić information content (AvgIpc) is 2.88. The SMILES string of the molecule is COc1ccc([C@H]2CN(C)CC[C@H]2N(NS(=O)(=O)c2ccc(F)cc2)c2ccccc2)cc1OC. The van der Waals surface area contributed by atoms with Gasteiger partial charge in [0.05, 0.1) is 30.8 Å². The number of benzene rings is 3.